The van der Waals surface area contributed by atoms with E-state index in [-0.39, 0.29) is 6.61 Å². The van der Waals surface area contributed by atoms with Gasteiger partial charge in [0, 0.05) is 13.2 Å². The molecule has 0 aromatic heterocycles. The maximum absolute atomic E-state index is 11.7. The molecule has 2 N–H and O–H groups in total. The summed E-state index contributed by atoms with van der Waals surface area (Å²) in [5.74, 6) is 0. The first kappa shape index (κ1) is 16.7. The van der Waals surface area contributed by atoms with Crippen molar-refractivity contribution in [1.82, 2.24) is 5.32 Å². The van der Waals surface area contributed by atoms with Crippen molar-refractivity contribution in [2.45, 2.75) is 44.9 Å². The number of halogens is 3. The molecule has 0 amide bonds. The molecule has 0 aliphatic carbocycles. The van der Waals surface area contributed by atoms with Crippen molar-refractivity contribution in [3.8, 4) is 0 Å². The van der Waals surface area contributed by atoms with Crippen LogP contribution < -0.4 is 5.32 Å². The minimum Gasteiger partial charge on any atom is -0.389 e. The minimum absolute atomic E-state index is 0.0726. The van der Waals surface area contributed by atoms with Crippen LogP contribution in [0.25, 0.3) is 0 Å². The Labute approximate surface area is 100 Å². The van der Waals surface area contributed by atoms with E-state index in [0.717, 1.165) is 0 Å². The summed E-state index contributed by atoms with van der Waals surface area (Å²) in [7, 11) is 0. The van der Waals surface area contributed by atoms with Crippen LogP contribution in [-0.4, -0.2) is 43.2 Å². The Balaban J connectivity index is 3.41. The van der Waals surface area contributed by atoms with Crippen LogP contribution in [0.1, 0.15) is 33.1 Å². The molecule has 0 saturated heterocycles. The molecule has 0 bridgehead atoms. The summed E-state index contributed by atoms with van der Waals surface area (Å²) in [4.78, 5) is 0. The SMILES string of the molecule is CCC(O)(CC)CNCCCOCC(F)(F)F. The van der Waals surface area contributed by atoms with Crippen LogP contribution in [0.5, 0.6) is 0 Å². The van der Waals surface area contributed by atoms with Gasteiger partial charge in [0.2, 0.25) is 0 Å². The standard InChI is InChI=1S/C11H22F3NO2/c1-3-10(16,4-2)8-15-6-5-7-17-9-11(12,13)14/h15-16H,3-9H2,1-2H3. The molecule has 0 rings (SSSR count). The van der Waals surface area contributed by atoms with Gasteiger partial charge in [-0.1, -0.05) is 13.8 Å². The highest BCUT2D eigenvalue weighted by Crippen LogP contribution is 2.14. The average molecular weight is 257 g/mol. The summed E-state index contributed by atoms with van der Waals surface area (Å²) in [6, 6.07) is 0. The van der Waals surface area contributed by atoms with Crippen molar-refractivity contribution >= 4 is 0 Å². The molecular formula is C11H22F3NO2. The van der Waals surface area contributed by atoms with E-state index < -0.39 is 18.4 Å². The van der Waals surface area contributed by atoms with E-state index in [1.165, 1.54) is 0 Å². The van der Waals surface area contributed by atoms with Crippen molar-refractivity contribution in [3.63, 3.8) is 0 Å². The summed E-state index contributed by atoms with van der Waals surface area (Å²) in [6.45, 7) is 3.68. The number of aliphatic hydroxyl groups is 1. The van der Waals surface area contributed by atoms with Gasteiger partial charge in [0.05, 0.1) is 5.60 Å². The molecule has 0 unspecified atom stereocenters. The third-order valence-electron chi connectivity index (χ3n) is 2.68. The van der Waals surface area contributed by atoms with Gasteiger partial charge in [-0.25, -0.2) is 0 Å². The van der Waals surface area contributed by atoms with Gasteiger partial charge >= 0.3 is 6.18 Å². The van der Waals surface area contributed by atoms with Crippen molar-refractivity contribution in [2.24, 2.45) is 0 Å². The Morgan fingerprint density at radius 1 is 1.18 bits per heavy atom. The predicted octanol–water partition coefficient (Wildman–Crippen LogP) is 2.10. The topological polar surface area (TPSA) is 41.5 Å². The van der Waals surface area contributed by atoms with E-state index in [2.05, 4.69) is 10.1 Å². The molecule has 0 aromatic rings. The Kier molecular flexibility index (Phi) is 7.74. The van der Waals surface area contributed by atoms with Gasteiger partial charge in [0.25, 0.3) is 0 Å². The third kappa shape index (κ3) is 9.38. The smallest absolute Gasteiger partial charge is 0.389 e. The maximum Gasteiger partial charge on any atom is 0.411 e. The van der Waals surface area contributed by atoms with Crippen molar-refractivity contribution in [2.75, 3.05) is 26.3 Å². The number of alkyl halides is 3. The first-order valence-corrected chi connectivity index (χ1v) is 5.90. The van der Waals surface area contributed by atoms with E-state index in [1.807, 2.05) is 13.8 Å². The minimum atomic E-state index is -4.25. The molecule has 104 valence electrons. The lowest BCUT2D eigenvalue weighted by atomic mass is 9.98. The first-order valence-electron chi connectivity index (χ1n) is 5.90. The normalized spacial score (nSPS) is 13.1. The fraction of sp³-hybridized carbons (Fsp3) is 1.00. The highest BCUT2D eigenvalue weighted by Gasteiger charge is 2.27. The number of hydrogen-bond acceptors (Lipinski definition) is 3. The molecule has 0 spiro atoms. The third-order valence-corrected chi connectivity index (χ3v) is 2.68. The number of nitrogens with one attached hydrogen (secondary N) is 1. The summed E-state index contributed by atoms with van der Waals surface area (Å²) >= 11 is 0. The Bertz CT molecular complexity index is 194. The lowest BCUT2D eigenvalue weighted by Crippen LogP contribution is -2.40. The fourth-order valence-electron chi connectivity index (χ4n) is 1.31. The highest BCUT2D eigenvalue weighted by atomic mass is 19.4. The second-order valence-electron chi connectivity index (χ2n) is 4.13. The second kappa shape index (κ2) is 7.89. The molecule has 0 atom stereocenters. The van der Waals surface area contributed by atoms with E-state index in [9.17, 15) is 18.3 Å². The Morgan fingerprint density at radius 2 is 1.76 bits per heavy atom. The van der Waals surface area contributed by atoms with Crippen molar-refractivity contribution in [3.05, 3.63) is 0 Å². The van der Waals surface area contributed by atoms with Crippen LogP contribution in [0.4, 0.5) is 13.2 Å². The Morgan fingerprint density at radius 3 is 2.24 bits per heavy atom. The largest absolute Gasteiger partial charge is 0.411 e. The number of rotatable bonds is 9. The molecular weight excluding hydrogens is 235 g/mol. The van der Waals surface area contributed by atoms with E-state index >= 15 is 0 Å². The van der Waals surface area contributed by atoms with Gasteiger partial charge < -0.3 is 15.2 Å². The van der Waals surface area contributed by atoms with Gasteiger partial charge in [0.1, 0.15) is 6.61 Å². The molecule has 0 aromatic carbocycles. The molecule has 0 heterocycles. The van der Waals surface area contributed by atoms with Gasteiger partial charge in [-0.05, 0) is 25.8 Å². The predicted molar refractivity (Wildman–Crippen MR) is 59.9 cm³/mol. The lowest BCUT2D eigenvalue weighted by Gasteiger charge is -2.25. The maximum atomic E-state index is 11.7. The zero-order valence-corrected chi connectivity index (χ0v) is 10.4. The van der Waals surface area contributed by atoms with Crippen molar-refractivity contribution in [1.29, 1.82) is 0 Å². The van der Waals surface area contributed by atoms with Crippen molar-refractivity contribution < 1.29 is 23.0 Å². The molecule has 3 nitrogen and oxygen atoms in total. The Hall–Kier alpha value is -0.330. The van der Waals surface area contributed by atoms with E-state index in [0.29, 0.717) is 32.4 Å². The van der Waals surface area contributed by atoms with Gasteiger partial charge in [-0.3, -0.25) is 0 Å². The van der Waals surface area contributed by atoms with Gasteiger partial charge in [0.15, 0.2) is 0 Å². The van der Waals surface area contributed by atoms with Crippen LogP contribution in [0.15, 0.2) is 0 Å². The number of ether oxygens (including phenoxy) is 1. The fourth-order valence-corrected chi connectivity index (χ4v) is 1.31. The highest BCUT2D eigenvalue weighted by molar-refractivity contribution is 4.77. The van der Waals surface area contributed by atoms with Crippen LogP contribution in [-0.2, 0) is 4.74 Å². The zero-order valence-electron chi connectivity index (χ0n) is 10.4. The van der Waals surface area contributed by atoms with Crippen LogP contribution in [0.3, 0.4) is 0 Å². The van der Waals surface area contributed by atoms with Gasteiger partial charge in [-0.2, -0.15) is 13.2 Å². The molecule has 17 heavy (non-hydrogen) atoms. The summed E-state index contributed by atoms with van der Waals surface area (Å²) in [6.07, 6.45) is -2.44. The van der Waals surface area contributed by atoms with Gasteiger partial charge in [-0.15, -0.1) is 0 Å². The summed E-state index contributed by atoms with van der Waals surface area (Å²) in [5, 5.41) is 12.9. The van der Waals surface area contributed by atoms with E-state index in [4.69, 9.17) is 0 Å². The lowest BCUT2D eigenvalue weighted by molar-refractivity contribution is -0.173. The zero-order chi connectivity index (χ0) is 13.4. The first-order chi connectivity index (χ1) is 7.83. The van der Waals surface area contributed by atoms with Crippen LogP contribution in [0, 0.1) is 0 Å². The average Bonchev–Trinajstić information content (AvgIpc) is 2.26. The monoisotopic (exact) mass is 257 g/mol. The molecule has 0 aliphatic rings. The summed E-state index contributed by atoms with van der Waals surface area (Å²) < 4.78 is 39.6. The second-order valence-corrected chi connectivity index (χ2v) is 4.13. The van der Waals surface area contributed by atoms with Crippen LogP contribution in [0.2, 0.25) is 0 Å². The van der Waals surface area contributed by atoms with Crippen LogP contribution >= 0.6 is 0 Å². The molecule has 6 heteroatoms. The molecule has 0 radical (unpaired) electrons. The molecule has 0 saturated carbocycles. The molecule has 0 aliphatic heterocycles. The molecule has 0 fully saturated rings. The number of hydrogen-bond donors (Lipinski definition) is 2. The van der Waals surface area contributed by atoms with E-state index in [1.54, 1.807) is 0 Å². The quantitative estimate of drug-likeness (QED) is 0.621. The summed E-state index contributed by atoms with van der Waals surface area (Å²) in [5.41, 5.74) is -0.715.